The fourth-order valence-electron chi connectivity index (χ4n) is 1.62. The average Bonchev–Trinajstić information content (AvgIpc) is 2.18. The number of anilines is 1. The predicted molar refractivity (Wildman–Crippen MR) is 70.6 cm³/mol. The maximum absolute atomic E-state index is 4.03. The molecule has 0 spiro atoms. The SMILES string of the molecule is C=C1C=CN(C(C)I)c2ccccc21. The van der Waals surface area contributed by atoms with Crippen LogP contribution in [0.25, 0.3) is 5.57 Å². The normalized spacial score (nSPS) is 16.7. The maximum Gasteiger partial charge on any atom is 0.0824 e. The maximum atomic E-state index is 4.03. The van der Waals surface area contributed by atoms with E-state index < -0.39 is 0 Å². The number of nitrogens with zero attached hydrogens (tertiary/aromatic N) is 1. The Morgan fingerprint density at radius 3 is 2.79 bits per heavy atom. The third-order valence-electron chi connectivity index (χ3n) is 2.35. The molecule has 1 aliphatic rings. The lowest BCUT2D eigenvalue weighted by molar-refractivity contribution is 0.976. The Labute approximate surface area is 98.3 Å². The van der Waals surface area contributed by atoms with Crippen molar-refractivity contribution in [1.29, 1.82) is 0 Å². The third-order valence-corrected chi connectivity index (χ3v) is 2.95. The molecule has 1 heterocycles. The molecule has 0 bridgehead atoms. The molecule has 2 heteroatoms. The molecule has 0 N–H and O–H groups in total. The molecule has 14 heavy (non-hydrogen) atoms. The Morgan fingerprint density at radius 2 is 2.07 bits per heavy atom. The van der Waals surface area contributed by atoms with Gasteiger partial charge in [0.15, 0.2) is 0 Å². The highest BCUT2D eigenvalue weighted by Crippen LogP contribution is 2.33. The smallest absolute Gasteiger partial charge is 0.0824 e. The average molecular weight is 297 g/mol. The number of rotatable bonds is 1. The van der Waals surface area contributed by atoms with Crippen LogP contribution in [-0.2, 0) is 0 Å². The van der Waals surface area contributed by atoms with Gasteiger partial charge < -0.3 is 4.90 Å². The van der Waals surface area contributed by atoms with Gasteiger partial charge in [-0.15, -0.1) is 0 Å². The summed E-state index contributed by atoms with van der Waals surface area (Å²) in [5.41, 5.74) is 3.58. The summed E-state index contributed by atoms with van der Waals surface area (Å²) in [6.07, 6.45) is 4.17. The Bertz CT molecular complexity index is 393. The van der Waals surface area contributed by atoms with Crippen molar-refractivity contribution in [3.05, 3.63) is 48.7 Å². The van der Waals surface area contributed by atoms with Gasteiger partial charge in [-0.05, 0) is 24.6 Å². The molecule has 72 valence electrons. The fourth-order valence-corrected chi connectivity index (χ4v) is 2.11. The van der Waals surface area contributed by atoms with Gasteiger partial charge in [-0.3, -0.25) is 0 Å². The molecule has 1 nitrogen and oxygen atoms in total. The molecule has 0 amide bonds. The first-order chi connectivity index (χ1) is 6.70. The van der Waals surface area contributed by atoms with Crippen LogP contribution in [0.3, 0.4) is 0 Å². The first-order valence-corrected chi connectivity index (χ1v) is 5.83. The van der Waals surface area contributed by atoms with Crippen molar-refractivity contribution in [3.63, 3.8) is 0 Å². The summed E-state index contributed by atoms with van der Waals surface area (Å²) >= 11 is 2.41. The summed E-state index contributed by atoms with van der Waals surface area (Å²) in [4.78, 5) is 2.25. The van der Waals surface area contributed by atoms with Gasteiger partial charge in [0.25, 0.3) is 0 Å². The molecule has 2 rings (SSSR count). The van der Waals surface area contributed by atoms with E-state index in [-0.39, 0.29) is 0 Å². The van der Waals surface area contributed by atoms with E-state index in [1.54, 1.807) is 0 Å². The highest BCUT2D eigenvalue weighted by atomic mass is 127. The minimum Gasteiger partial charge on any atom is -0.335 e. The highest BCUT2D eigenvalue weighted by Gasteiger charge is 2.16. The molecular formula is C12H12IN. The van der Waals surface area contributed by atoms with Crippen LogP contribution in [-0.4, -0.2) is 4.05 Å². The first-order valence-electron chi connectivity index (χ1n) is 4.59. The summed E-state index contributed by atoms with van der Waals surface area (Å²) in [5.74, 6) is 0. The number of benzene rings is 1. The van der Waals surface area contributed by atoms with Gasteiger partial charge in [-0.25, -0.2) is 0 Å². The van der Waals surface area contributed by atoms with Crippen molar-refractivity contribution in [2.24, 2.45) is 0 Å². The van der Waals surface area contributed by atoms with E-state index in [2.05, 4.69) is 77.5 Å². The molecule has 1 aromatic carbocycles. The molecule has 1 atom stereocenters. The third kappa shape index (κ3) is 1.59. The van der Waals surface area contributed by atoms with E-state index >= 15 is 0 Å². The van der Waals surface area contributed by atoms with Crippen LogP contribution in [0.2, 0.25) is 0 Å². The quantitative estimate of drug-likeness (QED) is 0.433. The second-order valence-electron chi connectivity index (χ2n) is 3.34. The molecule has 1 aromatic rings. The molecule has 0 aromatic heterocycles. The van der Waals surface area contributed by atoms with Crippen LogP contribution in [0.15, 0.2) is 43.1 Å². The summed E-state index contributed by atoms with van der Waals surface area (Å²) in [7, 11) is 0. The molecule has 0 fully saturated rings. The number of alkyl halides is 1. The molecule has 0 aliphatic carbocycles. The van der Waals surface area contributed by atoms with Crippen LogP contribution in [0, 0.1) is 0 Å². The van der Waals surface area contributed by atoms with E-state index in [0.29, 0.717) is 4.05 Å². The predicted octanol–water partition coefficient (Wildman–Crippen LogP) is 3.81. The fraction of sp³-hybridized carbons (Fsp3) is 0.167. The lowest BCUT2D eigenvalue weighted by Crippen LogP contribution is -2.24. The van der Waals surface area contributed by atoms with Gasteiger partial charge in [0, 0.05) is 17.5 Å². The summed E-state index contributed by atoms with van der Waals surface area (Å²) in [6, 6.07) is 8.38. The van der Waals surface area contributed by atoms with Crippen molar-refractivity contribution in [2.75, 3.05) is 4.90 Å². The number of hydrogen-bond acceptors (Lipinski definition) is 1. The number of hydrogen-bond donors (Lipinski definition) is 0. The van der Waals surface area contributed by atoms with Gasteiger partial charge in [-0.1, -0.05) is 47.4 Å². The zero-order valence-electron chi connectivity index (χ0n) is 8.07. The molecule has 0 saturated carbocycles. The minimum atomic E-state index is 0.457. The van der Waals surface area contributed by atoms with E-state index in [9.17, 15) is 0 Å². The molecule has 0 saturated heterocycles. The zero-order chi connectivity index (χ0) is 10.1. The zero-order valence-corrected chi connectivity index (χ0v) is 10.2. The number of para-hydroxylation sites is 1. The van der Waals surface area contributed by atoms with Crippen LogP contribution in [0.4, 0.5) is 5.69 Å². The van der Waals surface area contributed by atoms with Crippen LogP contribution < -0.4 is 4.90 Å². The van der Waals surface area contributed by atoms with Crippen molar-refractivity contribution >= 4 is 33.9 Å². The Balaban J connectivity index is 2.53. The van der Waals surface area contributed by atoms with Crippen molar-refractivity contribution in [2.45, 2.75) is 11.0 Å². The molecule has 1 unspecified atom stereocenters. The van der Waals surface area contributed by atoms with Crippen molar-refractivity contribution in [1.82, 2.24) is 0 Å². The Hall–Kier alpha value is -0.770. The largest absolute Gasteiger partial charge is 0.335 e. The van der Waals surface area contributed by atoms with E-state index in [1.807, 2.05) is 0 Å². The monoisotopic (exact) mass is 297 g/mol. The van der Waals surface area contributed by atoms with Gasteiger partial charge in [-0.2, -0.15) is 0 Å². The molecular weight excluding hydrogens is 285 g/mol. The van der Waals surface area contributed by atoms with Crippen LogP contribution in [0.5, 0.6) is 0 Å². The van der Waals surface area contributed by atoms with Gasteiger partial charge in [0.2, 0.25) is 0 Å². The van der Waals surface area contributed by atoms with Gasteiger partial charge in [0.1, 0.15) is 0 Å². The topological polar surface area (TPSA) is 3.24 Å². The molecule has 1 aliphatic heterocycles. The summed E-state index contributed by atoms with van der Waals surface area (Å²) < 4.78 is 0.457. The van der Waals surface area contributed by atoms with Crippen molar-refractivity contribution < 1.29 is 0 Å². The number of fused-ring (bicyclic) bond motifs is 1. The van der Waals surface area contributed by atoms with E-state index in [0.717, 1.165) is 5.57 Å². The second-order valence-corrected chi connectivity index (χ2v) is 5.14. The minimum absolute atomic E-state index is 0.457. The van der Waals surface area contributed by atoms with Crippen molar-refractivity contribution in [3.8, 4) is 0 Å². The Morgan fingerprint density at radius 1 is 1.36 bits per heavy atom. The van der Waals surface area contributed by atoms with Gasteiger partial charge >= 0.3 is 0 Å². The summed E-state index contributed by atoms with van der Waals surface area (Å²) in [6.45, 7) is 6.21. The number of halogens is 1. The van der Waals surface area contributed by atoms with Crippen LogP contribution in [0.1, 0.15) is 12.5 Å². The lowest BCUT2D eigenvalue weighted by atomic mass is 10.0. The van der Waals surface area contributed by atoms with E-state index in [4.69, 9.17) is 0 Å². The van der Waals surface area contributed by atoms with Crippen LogP contribution >= 0.6 is 22.6 Å². The van der Waals surface area contributed by atoms with Gasteiger partial charge in [0.05, 0.1) is 4.05 Å². The standard InChI is InChI=1S/C12H12IN/c1-9-7-8-14(10(2)13)12-6-4-3-5-11(9)12/h3-8,10H,1H2,2H3. The Kier molecular flexibility index (Phi) is 2.63. The van der Waals surface area contributed by atoms with E-state index in [1.165, 1.54) is 11.3 Å². The lowest BCUT2D eigenvalue weighted by Gasteiger charge is -2.29. The summed E-state index contributed by atoms with van der Waals surface area (Å²) in [5, 5.41) is 0. The first kappa shape index (κ1) is 9.77. The second kappa shape index (κ2) is 3.77. The highest BCUT2D eigenvalue weighted by molar-refractivity contribution is 14.1. The number of allylic oxidation sites excluding steroid dienone is 2. The molecule has 0 radical (unpaired) electrons.